The van der Waals surface area contributed by atoms with Crippen molar-refractivity contribution in [3.63, 3.8) is 0 Å². The summed E-state index contributed by atoms with van der Waals surface area (Å²) in [6.07, 6.45) is 2.21. The zero-order chi connectivity index (χ0) is 18.8. The third kappa shape index (κ3) is 3.89. The summed E-state index contributed by atoms with van der Waals surface area (Å²) in [5.74, 6) is 0.363. The topological polar surface area (TPSA) is 58.1 Å². The number of nitrogens with one attached hydrogen (secondary N) is 1. The Bertz CT molecular complexity index is 1010. The Hall–Kier alpha value is -2.63. The first-order chi connectivity index (χ1) is 13.1. The number of nitrogens with zero attached hydrogens (tertiary/aromatic N) is 3. The van der Waals surface area contributed by atoms with Crippen molar-refractivity contribution in [3.8, 4) is 0 Å². The fourth-order valence-electron chi connectivity index (χ4n) is 3.10. The SMILES string of the molecule is O=C(c1cc(Nc2cc(Cl)ccc2Cl)ncn1)N1CCc2ccccc2C1. The van der Waals surface area contributed by atoms with Crippen LogP contribution >= 0.6 is 23.2 Å². The first-order valence-electron chi connectivity index (χ1n) is 8.50. The van der Waals surface area contributed by atoms with Gasteiger partial charge >= 0.3 is 0 Å². The molecule has 0 saturated carbocycles. The molecule has 0 fully saturated rings. The van der Waals surface area contributed by atoms with E-state index in [1.165, 1.54) is 17.5 Å². The molecule has 5 nitrogen and oxygen atoms in total. The third-order valence-corrected chi connectivity index (χ3v) is 5.06. The average molecular weight is 399 g/mol. The largest absolute Gasteiger partial charge is 0.339 e. The number of hydrogen-bond acceptors (Lipinski definition) is 4. The molecule has 0 atom stereocenters. The Kier molecular flexibility index (Phi) is 4.97. The number of amides is 1. The van der Waals surface area contributed by atoms with Crippen LogP contribution in [0.15, 0.2) is 54.9 Å². The Balaban J connectivity index is 1.54. The van der Waals surface area contributed by atoms with Crippen LogP contribution in [0.1, 0.15) is 21.6 Å². The van der Waals surface area contributed by atoms with Crippen LogP contribution in [0.3, 0.4) is 0 Å². The molecule has 27 heavy (non-hydrogen) atoms. The van der Waals surface area contributed by atoms with Crippen molar-refractivity contribution in [2.45, 2.75) is 13.0 Å². The van der Waals surface area contributed by atoms with Crippen molar-refractivity contribution in [3.05, 3.63) is 81.7 Å². The van der Waals surface area contributed by atoms with Gasteiger partial charge in [0.1, 0.15) is 17.8 Å². The van der Waals surface area contributed by atoms with E-state index in [0.29, 0.717) is 40.3 Å². The number of carbonyl (C=O) groups is 1. The van der Waals surface area contributed by atoms with Crippen LogP contribution in [0, 0.1) is 0 Å². The van der Waals surface area contributed by atoms with Gasteiger partial charge < -0.3 is 10.2 Å². The summed E-state index contributed by atoms with van der Waals surface area (Å²) in [5, 5.41) is 4.16. The zero-order valence-electron chi connectivity index (χ0n) is 14.3. The summed E-state index contributed by atoms with van der Waals surface area (Å²) < 4.78 is 0. The molecular weight excluding hydrogens is 383 g/mol. The lowest BCUT2D eigenvalue weighted by atomic mass is 10.00. The number of carbonyl (C=O) groups excluding carboxylic acids is 1. The second-order valence-corrected chi connectivity index (χ2v) is 7.13. The maximum atomic E-state index is 12.9. The van der Waals surface area contributed by atoms with Crippen molar-refractivity contribution in [2.75, 3.05) is 11.9 Å². The van der Waals surface area contributed by atoms with Crippen LogP contribution in [0.2, 0.25) is 10.0 Å². The van der Waals surface area contributed by atoms with Gasteiger partial charge in [-0.15, -0.1) is 0 Å². The summed E-state index contributed by atoms with van der Waals surface area (Å²) in [4.78, 5) is 23.0. The molecular formula is C20H16Cl2N4O. The summed E-state index contributed by atoms with van der Waals surface area (Å²) >= 11 is 12.2. The van der Waals surface area contributed by atoms with Crippen LogP contribution < -0.4 is 5.32 Å². The summed E-state index contributed by atoms with van der Waals surface area (Å²) in [7, 11) is 0. The lowest BCUT2D eigenvalue weighted by Crippen LogP contribution is -2.36. The molecule has 0 unspecified atom stereocenters. The summed E-state index contributed by atoms with van der Waals surface area (Å²) in [6.45, 7) is 1.25. The molecule has 1 aromatic heterocycles. The first kappa shape index (κ1) is 17.8. The molecule has 0 radical (unpaired) electrons. The van der Waals surface area contributed by atoms with E-state index >= 15 is 0 Å². The molecule has 2 heterocycles. The first-order valence-corrected chi connectivity index (χ1v) is 9.26. The number of fused-ring (bicyclic) bond motifs is 1. The molecule has 1 N–H and O–H groups in total. The molecule has 2 aromatic carbocycles. The van der Waals surface area contributed by atoms with Gasteiger partial charge in [0.25, 0.3) is 5.91 Å². The maximum Gasteiger partial charge on any atom is 0.272 e. The Morgan fingerprint density at radius 1 is 1.04 bits per heavy atom. The lowest BCUT2D eigenvalue weighted by molar-refractivity contribution is 0.0728. The van der Waals surface area contributed by atoms with Crippen molar-refractivity contribution >= 4 is 40.6 Å². The van der Waals surface area contributed by atoms with E-state index in [-0.39, 0.29) is 5.91 Å². The van der Waals surface area contributed by atoms with Gasteiger partial charge in [0.2, 0.25) is 0 Å². The summed E-state index contributed by atoms with van der Waals surface area (Å²) in [6, 6.07) is 14.9. The predicted molar refractivity (Wildman–Crippen MR) is 107 cm³/mol. The quantitative estimate of drug-likeness (QED) is 0.692. The van der Waals surface area contributed by atoms with Gasteiger partial charge in [-0.3, -0.25) is 4.79 Å². The van der Waals surface area contributed by atoms with Gasteiger partial charge in [0.15, 0.2) is 0 Å². The molecule has 1 aliphatic rings. The van der Waals surface area contributed by atoms with Crippen LogP contribution in [0.25, 0.3) is 0 Å². The van der Waals surface area contributed by atoms with E-state index in [9.17, 15) is 4.79 Å². The Labute approximate surface area is 167 Å². The van der Waals surface area contributed by atoms with E-state index in [0.717, 1.165) is 6.42 Å². The molecule has 1 aliphatic heterocycles. The van der Waals surface area contributed by atoms with E-state index in [1.54, 1.807) is 29.2 Å². The Morgan fingerprint density at radius 3 is 2.70 bits per heavy atom. The van der Waals surface area contributed by atoms with Crippen LogP contribution in [0.5, 0.6) is 0 Å². The second-order valence-electron chi connectivity index (χ2n) is 6.28. The van der Waals surface area contributed by atoms with Gasteiger partial charge in [0.05, 0.1) is 10.7 Å². The van der Waals surface area contributed by atoms with Crippen molar-refractivity contribution in [1.29, 1.82) is 0 Å². The standard InChI is InChI=1S/C20H16Cl2N4O/c21-15-5-6-16(22)17(9-15)25-19-10-18(23-12-24-19)20(27)26-8-7-13-3-1-2-4-14(13)11-26/h1-6,9-10,12H,7-8,11H2,(H,23,24,25). The molecule has 4 rings (SSSR count). The smallest absolute Gasteiger partial charge is 0.272 e. The average Bonchev–Trinajstić information content (AvgIpc) is 2.70. The van der Waals surface area contributed by atoms with Gasteiger partial charge in [-0.2, -0.15) is 0 Å². The van der Waals surface area contributed by atoms with Crippen LogP contribution in [0.4, 0.5) is 11.5 Å². The number of rotatable bonds is 3. The predicted octanol–water partition coefficient (Wildman–Crippen LogP) is 4.73. The number of anilines is 2. The maximum absolute atomic E-state index is 12.9. The van der Waals surface area contributed by atoms with Crippen LogP contribution in [-0.4, -0.2) is 27.3 Å². The van der Waals surface area contributed by atoms with Crippen molar-refractivity contribution in [2.24, 2.45) is 0 Å². The minimum Gasteiger partial charge on any atom is -0.339 e. The van der Waals surface area contributed by atoms with Crippen LogP contribution in [-0.2, 0) is 13.0 Å². The highest BCUT2D eigenvalue weighted by atomic mass is 35.5. The van der Waals surface area contributed by atoms with E-state index in [2.05, 4.69) is 27.4 Å². The zero-order valence-corrected chi connectivity index (χ0v) is 15.8. The van der Waals surface area contributed by atoms with E-state index in [1.807, 2.05) is 12.1 Å². The fraction of sp³-hybridized carbons (Fsp3) is 0.150. The molecule has 136 valence electrons. The molecule has 0 spiro atoms. The minimum absolute atomic E-state index is 0.118. The molecule has 7 heteroatoms. The molecule has 1 amide bonds. The van der Waals surface area contributed by atoms with Crippen molar-refractivity contribution in [1.82, 2.24) is 14.9 Å². The van der Waals surface area contributed by atoms with Gasteiger partial charge in [-0.1, -0.05) is 47.5 Å². The van der Waals surface area contributed by atoms with Crippen molar-refractivity contribution < 1.29 is 4.79 Å². The van der Waals surface area contributed by atoms with Gasteiger partial charge in [0, 0.05) is 24.2 Å². The normalized spacial score (nSPS) is 13.2. The third-order valence-electron chi connectivity index (χ3n) is 4.50. The monoisotopic (exact) mass is 398 g/mol. The number of hydrogen-bond donors (Lipinski definition) is 1. The minimum atomic E-state index is -0.118. The highest BCUT2D eigenvalue weighted by molar-refractivity contribution is 6.35. The molecule has 0 aliphatic carbocycles. The number of aromatic nitrogens is 2. The second kappa shape index (κ2) is 7.55. The highest BCUT2D eigenvalue weighted by Crippen LogP contribution is 2.28. The van der Waals surface area contributed by atoms with Gasteiger partial charge in [-0.25, -0.2) is 9.97 Å². The molecule has 0 bridgehead atoms. The van der Waals surface area contributed by atoms with Gasteiger partial charge in [-0.05, 0) is 35.7 Å². The molecule has 0 saturated heterocycles. The summed E-state index contributed by atoms with van der Waals surface area (Å²) in [5.41, 5.74) is 3.43. The number of halogens is 2. The fourth-order valence-corrected chi connectivity index (χ4v) is 3.44. The number of benzene rings is 2. The van der Waals surface area contributed by atoms with E-state index < -0.39 is 0 Å². The molecule has 3 aromatic rings. The lowest BCUT2D eigenvalue weighted by Gasteiger charge is -2.28. The van der Waals surface area contributed by atoms with E-state index in [4.69, 9.17) is 23.2 Å². The Morgan fingerprint density at radius 2 is 1.85 bits per heavy atom. The highest BCUT2D eigenvalue weighted by Gasteiger charge is 2.22.